The number of benzene rings is 1. The van der Waals surface area contributed by atoms with Crippen LogP contribution >= 0.6 is 0 Å². The second kappa shape index (κ2) is 5.19. The Morgan fingerprint density at radius 2 is 2.18 bits per heavy atom. The molecular weight excluding hydrogens is 210 g/mol. The van der Waals surface area contributed by atoms with Gasteiger partial charge >= 0.3 is 0 Å². The van der Waals surface area contributed by atoms with Crippen molar-refractivity contribution in [1.29, 1.82) is 0 Å². The summed E-state index contributed by atoms with van der Waals surface area (Å²) in [5, 5.41) is 3.59. The van der Waals surface area contributed by atoms with Crippen LogP contribution < -0.4 is 5.32 Å². The van der Waals surface area contributed by atoms with Crippen molar-refractivity contribution < 1.29 is 4.74 Å². The lowest BCUT2D eigenvalue weighted by atomic mass is 9.90. The van der Waals surface area contributed by atoms with Crippen LogP contribution in [0, 0.1) is 0 Å². The van der Waals surface area contributed by atoms with E-state index in [0.29, 0.717) is 12.0 Å². The molecule has 2 heteroatoms. The summed E-state index contributed by atoms with van der Waals surface area (Å²) in [6.07, 6.45) is 5.04. The molecule has 0 amide bonds. The number of ether oxygens (including phenoxy) is 1. The van der Waals surface area contributed by atoms with Crippen LogP contribution in [0.5, 0.6) is 0 Å². The summed E-state index contributed by atoms with van der Waals surface area (Å²) in [6.45, 7) is 3.04. The minimum Gasteiger partial charge on any atom is -0.381 e. The monoisotopic (exact) mass is 231 g/mol. The molecule has 2 fully saturated rings. The van der Waals surface area contributed by atoms with Gasteiger partial charge in [0.05, 0.1) is 6.61 Å². The van der Waals surface area contributed by atoms with Gasteiger partial charge in [0.1, 0.15) is 0 Å². The van der Waals surface area contributed by atoms with E-state index in [1.54, 1.807) is 0 Å². The van der Waals surface area contributed by atoms with E-state index in [1.807, 2.05) is 0 Å². The maximum atomic E-state index is 5.52. The van der Waals surface area contributed by atoms with E-state index in [4.69, 9.17) is 4.74 Å². The van der Waals surface area contributed by atoms with E-state index in [-0.39, 0.29) is 0 Å². The molecular formula is C15H21NO. The van der Waals surface area contributed by atoms with E-state index in [1.165, 1.54) is 43.4 Å². The van der Waals surface area contributed by atoms with Crippen molar-refractivity contribution in [1.82, 2.24) is 5.32 Å². The fourth-order valence-corrected chi connectivity index (χ4v) is 3.09. The summed E-state index contributed by atoms with van der Waals surface area (Å²) in [6, 6.07) is 9.62. The van der Waals surface area contributed by atoms with Gasteiger partial charge in [0, 0.05) is 18.6 Å². The third-order valence-electron chi connectivity index (χ3n) is 4.05. The SMILES string of the molecule is c1ccc(C2CCOC2)c(CC2CCCN2)c1. The van der Waals surface area contributed by atoms with Gasteiger partial charge < -0.3 is 10.1 Å². The first kappa shape index (κ1) is 11.2. The second-order valence-corrected chi connectivity index (χ2v) is 5.26. The van der Waals surface area contributed by atoms with Crippen LogP contribution in [-0.4, -0.2) is 25.8 Å². The van der Waals surface area contributed by atoms with Gasteiger partial charge in [-0.15, -0.1) is 0 Å². The normalized spacial score (nSPS) is 28.7. The number of nitrogens with one attached hydrogen (secondary N) is 1. The van der Waals surface area contributed by atoms with Gasteiger partial charge in [-0.05, 0) is 43.4 Å². The fraction of sp³-hybridized carbons (Fsp3) is 0.600. The second-order valence-electron chi connectivity index (χ2n) is 5.26. The van der Waals surface area contributed by atoms with E-state index in [0.717, 1.165) is 13.2 Å². The van der Waals surface area contributed by atoms with Crippen molar-refractivity contribution in [3.63, 3.8) is 0 Å². The van der Waals surface area contributed by atoms with Crippen molar-refractivity contribution in [2.24, 2.45) is 0 Å². The first-order chi connectivity index (χ1) is 8.43. The highest BCUT2D eigenvalue weighted by molar-refractivity contribution is 5.32. The summed E-state index contributed by atoms with van der Waals surface area (Å²) >= 11 is 0. The Morgan fingerprint density at radius 1 is 1.24 bits per heavy atom. The third-order valence-corrected chi connectivity index (χ3v) is 4.05. The Morgan fingerprint density at radius 3 is 2.94 bits per heavy atom. The van der Waals surface area contributed by atoms with Crippen LogP contribution in [0.25, 0.3) is 0 Å². The minimum absolute atomic E-state index is 0.632. The standard InChI is InChI=1S/C15H21NO/c1-2-6-15(13-7-9-17-11-13)12(4-1)10-14-5-3-8-16-14/h1-2,4,6,13-14,16H,3,5,7-11H2. The molecule has 3 rings (SSSR count). The van der Waals surface area contributed by atoms with Gasteiger partial charge in [-0.3, -0.25) is 0 Å². The molecule has 0 aliphatic carbocycles. The van der Waals surface area contributed by atoms with Gasteiger partial charge in [0.2, 0.25) is 0 Å². The molecule has 1 aromatic carbocycles. The van der Waals surface area contributed by atoms with Crippen LogP contribution in [0.2, 0.25) is 0 Å². The highest BCUT2D eigenvalue weighted by atomic mass is 16.5. The van der Waals surface area contributed by atoms with Gasteiger partial charge in [-0.1, -0.05) is 24.3 Å². The zero-order chi connectivity index (χ0) is 11.5. The molecule has 17 heavy (non-hydrogen) atoms. The topological polar surface area (TPSA) is 21.3 Å². The van der Waals surface area contributed by atoms with Gasteiger partial charge in [0.25, 0.3) is 0 Å². The highest BCUT2D eigenvalue weighted by Gasteiger charge is 2.22. The molecule has 92 valence electrons. The molecule has 1 N–H and O–H groups in total. The van der Waals surface area contributed by atoms with Gasteiger partial charge in [-0.2, -0.15) is 0 Å². The molecule has 1 aromatic rings. The van der Waals surface area contributed by atoms with E-state index < -0.39 is 0 Å². The summed E-state index contributed by atoms with van der Waals surface area (Å²) in [5.74, 6) is 0.632. The predicted octanol–water partition coefficient (Wildman–Crippen LogP) is 2.49. The van der Waals surface area contributed by atoms with Crippen molar-refractivity contribution in [3.8, 4) is 0 Å². The number of hydrogen-bond donors (Lipinski definition) is 1. The third kappa shape index (κ3) is 2.53. The van der Waals surface area contributed by atoms with Gasteiger partial charge in [-0.25, -0.2) is 0 Å². The summed E-state index contributed by atoms with van der Waals surface area (Å²) in [5.41, 5.74) is 3.06. The molecule has 2 atom stereocenters. The summed E-state index contributed by atoms with van der Waals surface area (Å²) in [4.78, 5) is 0. The molecule has 2 aliphatic heterocycles. The van der Waals surface area contributed by atoms with Gasteiger partial charge in [0.15, 0.2) is 0 Å². The molecule has 2 saturated heterocycles. The predicted molar refractivity (Wildman–Crippen MR) is 69.3 cm³/mol. The lowest BCUT2D eigenvalue weighted by molar-refractivity contribution is 0.194. The minimum atomic E-state index is 0.632. The summed E-state index contributed by atoms with van der Waals surface area (Å²) in [7, 11) is 0. The molecule has 2 nitrogen and oxygen atoms in total. The first-order valence-electron chi connectivity index (χ1n) is 6.82. The Kier molecular flexibility index (Phi) is 3.44. The van der Waals surface area contributed by atoms with Crippen LogP contribution in [0.15, 0.2) is 24.3 Å². The van der Waals surface area contributed by atoms with Crippen molar-refractivity contribution in [2.45, 2.75) is 37.6 Å². The zero-order valence-electron chi connectivity index (χ0n) is 10.3. The van der Waals surface area contributed by atoms with Crippen LogP contribution in [-0.2, 0) is 11.2 Å². The lowest BCUT2D eigenvalue weighted by Crippen LogP contribution is -2.24. The van der Waals surface area contributed by atoms with Crippen molar-refractivity contribution in [3.05, 3.63) is 35.4 Å². The molecule has 2 aliphatic rings. The zero-order valence-corrected chi connectivity index (χ0v) is 10.3. The van der Waals surface area contributed by atoms with E-state index in [9.17, 15) is 0 Å². The molecule has 2 unspecified atom stereocenters. The molecule has 0 bridgehead atoms. The molecule has 0 saturated carbocycles. The van der Waals surface area contributed by atoms with Crippen LogP contribution in [0.4, 0.5) is 0 Å². The molecule has 2 heterocycles. The maximum Gasteiger partial charge on any atom is 0.0535 e. The largest absolute Gasteiger partial charge is 0.381 e. The smallest absolute Gasteiger partial charge is 0.0535 e. The maximum absolute atomic E-state index is 5.52. The van der Waals surface area contributed by atoms with E-state index >= 15 is 0 Å². The lowest BCUT2D eigenvalue weighted by Gasteiger charge is -2.17. The van der Waals surface area contributed by atoms with Crippen molar-refractivity contribution in [2.75, 3.05) is 19.8 Å². The Hall–Kier alpha value is -0.860. The Labute approximate surface area is 103 Å². The summed E-state index contributed by atoms with van der Waals surface area (Å²) < 4.78 is 5.52. The number of hydrogen-bond acceptors (Lipinski definition) is 2. The quantitative estimate of drug-likeness (QED) is 0.863. The highest BCUT2D eigenvalue weighted by Crippen LogP contribution is 2.29. The average Bonchev–Trinajstić information content (AvgIpc) is 3.01. The van der Waals surface area contributed by atoms with Crippen LogP contribution in [0.1, 0.15) is 36.3 Å². The molecule has 0 aromatic heterocycles. The first-order valence-corrected chi connectivity index (χ1v) is 6.82. The average molecular weight is 231 g/mol. The Bertz CT molecular complexity index is 365. The number of rotatable bonds is 3. The molecule has 0 spiro atoms. The Balaban J connectivity index is 1.77. The van der Waals surface area contributed by atoms with Crippen molar-refractivity contribution >= 4 is 0 Å². The fourth-order valence-electron chi connectivity index (χ4n) is 3.09. The molecule has 0 radical (unpaired) electrons. The van der Waals surface area contributed by atoms with E-state index in [2.05, 4.69) is 29.6 Å². The van der Waals surface area contributed by atoms with Crippen LogP contribution in [0.3, 0.4) is 0 Å².